The first-order chi connectivity index (χ1) is 16.1. The van der Waals surface area contributed by atoms with Crippen LogP contribution in [0.1, 0.15) is 48.9 Å². The zero-order valence-electron chi connectivity index (χ0n) is 18.3. The lowest BCUT2D eigenvalue weighted by atomic mass is 10.1. The van der Waals surface area contributed by atoms with Crippen LogP contribution in [0.25, 0.3) is 15.9 Å². The second kappa shape index (κ2) is 9.19. The number of nitrogens with one attached hydrogen (secondary N) is 2. The molecule has 0 bridgehead atoms. The summed E-state index contributed by atoms with van der Waals surface area (Å²) in [5, 5.41) is 11.7. The molecule has 2 aromatic carbocycles. The number of carbonyl (C=O) groups excluding carboxylic acids is 1. The van der Waals surface area contributed by atoms with Gasteiger partial charge in [0.15, 0.2) is 0 Å². The largest absolute Gasteiger partial charge is 0.495 e. The quantitative estimate of drug-likeness (QED) is 0.423. The van der Waals surface area contributed by atoms with Crippen LogP contribution in [-0.2, 0) is 0 Å². The molecule has 0 unspecified atom stereocenters. The Morgan fingerprint density at radius 3 is 2.70 bits per heavy atom. The Balaban J connectivity index is 1.45. The Labute approximate surface area is 194 Å². The standard InChI is InChI=1S/C24H25N5O3S/c1-32-20-11-7-6-10-18(20)26-23-28-29-22(31)17-13-12-15(14-19(17)27-24(29)33-23)21(30)25-16-8-4-2-3-5-9-16/h6-7,10-14,16H,2-5,8-9H2,1H3,(H,25,30)(H,26,28). The van der Waals surface area contributed by atoms with Crippen LogP contribution in [0.5, 0.6) is 5.75 Å². The summed E-state index contributed by atoms with van der Waals surface area (Å²) in [6, 6.07) is 12.7. The molecule has 0 atom stereocenters. The maximum absolute atomic E-state index is 13.0. The van der Waals surface area contributed by atoms with Crippen molar-refractivity contribution in [3.05, 3.63) is 58.4 Å². The van der Waals surface area contributed by atoms with Gasteiger partial charge >= 0.3 is 0 Å². The number of amides is 1. The highest BCUT2D eigenvalue weighted by molar-refractivity contribution is 7.20. The van der Waals surface area contributed by atoms with Gasteiger partial charge in [0.05, 0.1) is 23.7 Å². The van der Waals surface area contributed by atoms with E-state index in [9.17, 15) is 9.59 Å². The van der Waals surface area contributed by atoms with Crippen LogP contribution in [0.4, 0.5) is 10.8 Å². The molecule has 0 saturated heterocycles. The molecule has 4 aromatic rings. The van der Waals surface area contributed by atoms with Crippen LogP contribution in [0.3, 0.4) is 0 Å². The summed E-state index contributed by atoms with van der Waals surface area (Å²) in [7, 11) is 1.60. The van der Waals surface area contributed by atoms with Crippen LogP contribution < -0.4 is 20.9 Å². The summed E-state index contributed by atoms with van der Waals surface area (Å²) in [6.45, 7) is 0. The van der Waals surface area contributed by atoms with Crippen LogP contribution in [-0.4, -0.2) is 33.7 Å². The monoisotopic (exact) mass is 463 g/mol. The molecule has 1 amide bonds. The third-order valence-corrected chi connectivity index (χ3v) is 6.82. The van der Waals surface area contributed by atoms with Crippen molar-refractivity contribution >= 4 is 43.9 Å². The predicted octanol–water partition coefficient (Wildman–Crippen LogP) is 4.51. The van der Waals surface area contributed by atoms with E-state index in [1.54, 1.807) is 25.3 Å². The van der Waals surface area contributed by atoms with E-state index in [0.29, 0.717) is 32.3 Å². The molecule has 2 aromatic heterocycles. The van der Waals surface area contributed by atoms with Crippen molar-refractivity contribution in [3.63, 3.8) is 0 Å². The minimum atomic E-state index is -0.268. The molecule has 1 saturated carbocycles. The molecule has 0 spiro atoms. The Kier molecular flexibility index (Phi) is 5.95. The van der Waals surface area contributed by atoms with Crippen molar-refractivity contribution in [2.75, 3.05) is 12.4 Å². The van der Waals surface area contributed by atoms with Crippen molar-refractivity contribution in [2.24, 2.45) is 0 Å². The third kappa shape index (κ3) is 4.41. The predicted molar refractivity (Wildman–Crippen MR) is 130 cm³/mol. The number of nitrogens with zero attached hydrogens (tertiary/aromatic N) is 3. The Morgan fingerprint density at radius 1 is 1.12 bits per heavy atom. The zero-order valence-corrected chi connectivity index (χ0v) is 19.2. The summed E-state index contributed by atoms with van der Waals surface area (Å²) in [5.74, 6) is 0.556. The molecule has 2 heterocycles. The first-order valence-corrected chi connectivity index (χ1v) is 12.0. The average Bonchev–Trinajstić information content (AvgIpc) is 3.05. The van der Waals surface area contributed by atoms with Gasteiger partial charge in [-0.2, -0.15) is 4.52 Å². The normalized spacial score (nSPS) is 14.8. The minimum absolute atomic E-state index is 0.117. The number of aromatic nitrogens is 3. The van der Waals surface area contributed by atoms with Gasteiger partial charge in [0.1, 0.15) is 5.75 Å². The van der Waals surface area contributed by atoms with E-state index in [1.165, 1.54) is 28.7 Å². The number of hydrogen-bond acceptors (Lipinski definition) is 7. The highest BCUT2D eigenvalue weighted by Gasteiger charge is 2.18. The van der Waals surface area contributed by atoms with Crippen molar-refractivity contribution in [1.82, 2.24) is 19.9 Å². The molecule has 1 aliphatic carbocycles. The number of benzene rings is 2. The molecule has 0 radical (unpaired) electrons. The lowest BCUT2D eigenvalue weighted by Gasteiger charge is -2.16. The second-order valence-corrected chi connectivity index (χ2v) is 9.19. The van der Waals surface area contributed by atoms with Crippen molar-refractivity contribution in [2.45, 2.75) is 44.6 Å². The van der Waals surface area contributed by atoms with Gasteiger partial charge in [-0.3, -0.25) is 9.59 Å². The number of methoxy groups -OCH3 is 1. The molecule has 2 N–H and O–H groups in total. The Hall–Kier alpha value is -3.46. The van der Waals surface area contributed by atoms with Gasteiger partial charge in [-0.15, -0.1) is 5.10 Å². The maximum Gasteiger partial charge on any atom is 0.283 e. The number of rotatable bonds is 5. The molecule has 1 aliphatic rings. The first kappa shape index (κ1) is 21.4. The second-order valence-electron chi connectivity index (χ2n) is 8.24. The molecule has 9 heteroatoms. The third-order valence-electron chi connectivity index (χ3n) is 6.00. The highest BCUT2D eigenvalue weighted by Crippen LogP contribution is 2.29. The molecule has 0 aliphatic heterocycles. The van der Waals surface area contributed by atoms with Crippen LogP contribution in [0.2, 0.25) is 0 Å². The van der Waals surface area contributed by atoms with E-state index in [-0.39, 0.29) is 17.5 Å². The molecular weight excluding hydrogens is 438 g/mol. The van der Waals surface area contributed by atoms with Crippen LogP contribution in [0, 0.1) is 0 Å². The molecule has 1 fully saturated rings. The molecule has 8 nitrogen and oxygen atoms in total. The number of fused-ring (bicyclic) bond motifs is 2. The van der Waals surface area contributed by atoms with Crippen molar-refractivity contribution < 1.29 is 9.53 Å². The van der Waals surface area contributed by atoms with Crippen molar-refractivity contribution in [1.29, 1.82) is 0 Å². The highest BCUT2D eigenvalue weighted by atomic mass is 32.1. The Morgan fingerprint density at radius 2 is 1.91 bits per heavy atom. The van der Waals surface area contributed by atoms with E-state index in [4.69, 9.17) is 4.74 Å². The summed E-state index contributed by atoms with van der Waals surface area (Å²) in [6.07, 6.45) is 6.79. The van der Waals surface area contributed by atoms with Gasteiger partial charge < -0.3 is 15.4 Å². The topological polar surface area (TPSA) is 97.6 Å². The number of para-hydroxylation sites is 2. The SMILES string of the molecule is COc1ccccc1Nc1nn2c(=O)c3ccc(C(=O)NC4CCCCCC4)cc3nc2s1. The van der Waals surface area contributed by atoms with Gasteiger partial charge in [-0.05, 0) is 43.2 Å². The fourth-order valence-electron chi connectivity index (χ4n) is 4.26. The van der Waals surface area contributed by atoms with Gasteiger partial charge in [0, 0.05) is 11.6 Å². The summed E-state index contributed by atoms with van der Waals surface area (Å²) < 4.78 is 6.66. The van der Waals surface area contributed by atoms with E-state index in [2.05, 4.69) is 20.7 Å². The van der Waals surface area contributed by atoms with E-state index >= 15 is 0 Å². The van der Waals surface area contributed by atoms with E-state index < -0.39 is 0 Å². The van der Waals surface area contributed by atoms with E-state index in [0.717, 1.165) is 31.4 Å². The van der Waals surface area contributed by atoms with Crippen molar-refractivity contribution in [3.8, 4) is 5.75 Å². The minimum Gasteiger partial charge on any atom is -0.495 e. The lowest BCUT2D eigenvalue weighted by molar-refractivity contribution is 0.0933. The number of ether oxygens (including phenoxy) is 1. The van der Waals surface area contributed by atoms with Crippen LogP contribution in [0.15, 0.2) is 47.3 Å². The number of anilines is 2. The number of hydrogen-bond donors (Lipinski definition) is 2. The molecular formula is C24H25N5O3S. The Bertz CT molecular complexity index is 1370. The maximum atomic E-state index is 13.0. The van der Waals surface area contributed by atoms with Crippen LogP contribution >= 0.6 is 11.3 Å². The molecule has 5 rings (SSSR count). The summed E-state index contributed by atoms with van der Waals surface area (Å²) in [4.78, 5) is 30.9. The zero-order chi connectivity index (χ0) is 22.8. The smallest absolute Gasteiger partial charge is 0.283 e. The van der Waals surface area contributed by atoms with Gasteiger partial charge in [-0.1, -0.05) is 49.2 Å². The fourth-order valence-corrected chi connectivity index (χ4v) is 5.07. The summed E-state index contributed by atoms with van der Waals surface area (Å²) >= 11 is 1.26. The molecule has 33 heavy (non-hydrogen) atoms. The van der Waals surface area contributed by atoms with Gasteiger partial charge in [0.2, 0.25) is 10.1 Å². The number of carbonyl (C=O) groups is 1. The molecule has 170 valence electrons. The average molecular weight is 464 g/mol. The first-order valence-electron chi connectivity index (χ1n) is 11.2. The van der Waals surface area contributed by atoms with Gasteiger partial charge in [-0.25, -0.2) is 4.98 Å². The van der Waals surface area contributed by atoms with Gasteiger partial charge in [0.25, 0.3) is 11.5 Å². The summed E-state index contributed by atoms with van der Waals surface area (Å²) in [5.41, 5.74) is 1.48. The van der Waals surface area contributed by atoms with E-state index in [1.807, 2.05) is 24.3 Å². The fraction of sp³-hybridized carbons (Fsp3) is 0.333. The lowest BCUT2D eigenvalue weighted by Crippen LogP contribution is -2.34.